The molecule has 0 aliphatic rings. The molecule has 23 heavy (non-hydrogen) atoms. The van der Waals surface area contributed by atoms with E-state index in [4.69, 9.17) is 12.2 Å². The Bertz CT molecular complexity index is 919. The highest BCUT2D eigenvalue weighted by Gasteiger charge is 2.19. The van der Waals surface area contributed by atoms with Crippen molar-refractivity contribution in [3.8, 4) is 0 Å². The Morgan fingerprint density at radius 2 is 1.78 bits per heavy atom. The smallest absolute Gasteiger partial charge is 0.259 e. The molecule has 1 heterocycles. The molecule has 0 radical (unpaired) electrons. The third-order valence-corrected chi connectivity index (χ3v) is 4.33. The highest BCUT2D eigenvalue weighted by Crippen LogP contribution is 2.21. The summed E-state index contributed by atoms with van der Waals surface area (Å²) in [6.45, 7) is -0.247. The van der Waals surface area contributed by atoms with Gasteiger partial charge < -0.3 is 15.0 Å². The molecule has 3 rings (SSSR count). The summed E-state index contributed by atoms with van der Waals surface area (Å²) >= 11 is 5.52. The van der Waals surface area contributed by atoms with Crippen molar-refractivity contribution in [2.45, 2.75) is 6.61 Å². The number of anilines is 1. The molecule has 2 aromatic carbocycles. The lowest BCUT2D eigenvalue weighted by atomic mass is 10.0. The summed E-state index contributed by atoms with van der Waals surface area (Å²) in [5.74, 6) is 0. The number of rotatable bonds is 3. The van der Waals surface area contributed by atoms with Crippen molar-refractivity contribution in [3.05, 3.63) is 76.1 Å². The number of benzene rings is 2. The first-order valence-electron chi connectivity index (χ1n) is 7.21. The number of nitrogens with zero attached hydrogens (tertiary/aromatic N) is 1. The number of nitrogens with one attached hydrogen (secondary N) is 1. The molecule has 5 heteroatoms. The van der Waals surface area contributed by atoms with Crippen LogP contribution in [0.2, 0.25) is 0 Å². The van der Waals surface area contributed by atoms with E-state index in [1.165, 1.54) is 0 Å². The van der Waals surface area contributed by atoms with Crippen molar-refractivity contribution >= 4 is 33.8 Å². The summed E-state index contributed by atoms with van der Waals surface area (Å²) < 4.78 is 0. The topological polar surface area (TPSA) is 56.3 Å². The molecule has 2 N–H and O–H groups in total. The maximum Gasteiger partial charge on any atom is 0.259 e. The second kappa shape index (κ2) is 6.32. The lowest BCUT2D eigenvalue weighted by Crippen LogP contribution is -2.32. The van der Waals surface area contributed by atoms with Gasteiger partial charge in [0.15, 0.2) is 0 Å². The van der Waals surface area contributed by atoms with Crippen LogP contribution in [0.4, 0.5) is 5.69 Å². The zero-order valence-corrected chi connectivity index (χ0v) is 13.4. The Hall–Kier alpha value is -2.50. The Balaban J connectivity index is 2.17. The Labute approximate surface area is 139 Å². The standard InChI is InChI=1S/C18H16N2O2S/c1-20(12-7-3-2-4-8-12)18(23)16-14(11-21)13-9-5-6-10-15(13)19-17(16)22/h2-10,21H,11H2,1H3,(H,19,22). The molecule has 4 nitrogen and oxygen atoms in total. The van der Waals surface area contributed by atoms with Crippen LogP contribution in [-0.4, -0.2) is 22.1 Å². The molecule has 116 valence electrons. The predicted molar refractivity (Wildman–Crippen MR) is 97.0 cm³/mol. The third-order valence-electron chi connectivity index (χ3n) is 3.85. The lowest BCUT2D eigenvalue weighted by molar-refractivity contribution is 0.283. The molecule has 0 aliphatic carbocycles. The van der Waals surface area contributed by atoms with E-state index in [0.717, 1.165) is 11.1 Å². The number of hydrogen-bond donors (Lipinski definition) is 2. The zero-order chi connectivity index (χ0) is 16.4. The van der Waals surface area contributed by atoms with E-state index in [1.807, 2.05) is 61.6 Å². The minimum atomic E-state index is -0.291. The SMILES string of the molecule is CN(C(=S)c1c(CO)c2ccccc2[nH]c1=O)c1ccccc1. The van der Waals surface area contributed by atoms with Gasteiger partial charge in [-0.05, 0) is 18.2 Å². The van der Waals surface area contributed by atoms with Crippen LogP contribution < -0.4 is 10.5 Å². The minimum absolute atomic E-state index is 0.247. The summed E-state index contributed by atoms with van der Waals surface area (Å²) in [5.41, 5.74) is 2.18. The molecular formula is C18H16N2O2S. The van der Waals surface area contributed by atoms with E-state index in [2.05, 4.69) is 4.98 Å². The predicted octanol–water partition coefficient (Wildman–Crippen LogP) is 2.83. The van der Waals surface area contributed by atoms with Gasteiger partial charge in [0.25, 0.3) is 5.56 Å². The Kier molecular flexibility index (Phi) is 4.23. The molecule has 0 atom stereocenters. The van der Waals surface area contributed by atoms with Crippen LogP contribution in [-0.2, 0) is 6.61 Å². The normalized spacial score (nSPS) is 10.7. The summed E-state index contributed by atoms with van der Waals surface area (Å²) in [4.78, 5) is 17.5. The first kappa shape index (κ1) is 15.4. The molecule has 0 bridgehead atoms. The number of para-hydroxylation sites is 2. The van der Waals surface area contributed by atoms with E-state index >= 15 is 0 Å². The number of aliphatic hydroxyl groups excluding tert-OH is 1. The lowest BCUT2D eigenvalue weighted by Gasteiger charge is -2.21. The first-order valence-corrected chi connectivity index (χ1v) is 7.62. The molecule has 0 saturated heterocycles. The largest absolute Gasteiger partial charge is 0.392 e. The quantitative estimate of drug-likeness (QED) is 0.728. The molecule has 0 saturated carbocycles. The van der Waals surface area contributed by atoms with Gasteiger partial charge in [-0.3, -0.25) is 4.79 Å². The molecule has 1 aromatic heterocycles. The molecule has 0 fully saturated rings. The van der Waals surface area contributed by atoms with Crippen molar-refractivity contribution in [2.75, 3.05) is 11.9 Å². The van der Waals surface area contributed by atoms with Crippen LogP contribution in [0.3, 0.4) is 0 Å². The number of aromatic amines is 1. The first-order chi connectivity index (χ1) is 11.1. The molecule has 0 spiro atoms. The van der Waals surface area contributed by atoms with Gasteiger partial charge in [-0.1, -0.05) is 48.6 Å². The number of pyridine rings is 1. The summed E-state index contributed by atoms with van der Waals surface area (Å²) in [5, 5.41) is 10.6. The van der Waals surface area contributed by atoms with Crippen molar-refractivity contribution < 1.29 is 5.11 Å². The number of hydrogen-bond acceptors (Lipinski definition) is 3. The monoisotopic (exact) mass is 324 g/mol. The van der Waals surface area contributed by atoms with Gasteiger partial charge in [0.2, 0.25) is 0 Å². The molecule has 0 aliphatic heterocycles. The number of H-pyrrole nitrogens is 1. The van der Waals surface area contributed by atoms with Crippen LogP contribution in [0, 0.1) is 0 Å². The van der Waals surface area contributed by atoms with Gasteiger partial charge in [-0.25, -0.2) is 0 Å². The maximum absolute atomic E-state index is 12.5. The Morgan fingerprint density at radius 3 is 2.48 bits per heavy atom. The number of aromatic nitrogens is 1. The average Bonchev–Trinajstić information content (AvgIpc) is 2.60. The van der Waals surface area contributed by atoms with Crippen LogP contribution >= 0.6 is 12.2 Å². The molecular weight excluding hydrogens is 308 g/mol. The zero-order valence-electron chi connectivity index (χ0n) is 12.6. The van der Waals surface area contributed by atoms with Crippen LogP contribution in [0.5, 0.6) is 0 Å². The van der Waals surface area contributed by atoms with Crippen LogP contribution in [0.25, 0.3) is 10.9 Å². The van der Waals surface area contributed by atoms with Crippen molar-refractivity contribution in [1.29, 1.82) is 0 Å². The second-order valence-electron chi connectivity index (χ2n) is 5.21. The van der Waals surface area contributed by atoms with Gasteiger partial charge in [0.05, 0.1) is 12.2 Å². The summed E-state index contributed by atoms with van der Waals surface area (Å²) in [6, 6.07) is 17.0. The van der Waals surface area contributed by atoms with Crippen LogP contribution in [0.15, 0.2) is 59.4 Å². The van der Waals surface area contributed by atoms with E-state index in [-0.39, 0.29) is 12.2 Å². The van der Waals surface area contributed by atoms with Gasteiger partial charge >= 0.3 is 0 Å². The second-order valence-corrected chi connectivity index (χ2v) is 5.60. The number of aliphatic hydroxyl groups is 1. The molecule has 3 aromatic rings. The summed E-state index contributed by atoms with van der Waals surface area (Å²) in [7, 11) is 1.81. The fourth-order valence-electron chi connectivity index (χ4n) is 2.64. The maximum atomic E-state index is 12.5. The van der Waals surface area contributed by atoms with E-state index in [0.29, 0.717) is 21.6 Å². The Morgan fingerprint density at radius 1 is 1.13 bits per heavy atom. The number of thiocarbonyl (C=S) groups is 1. The van der Waals surface area contributed by atoms with Crippen molar-refractivity contribution in [1.82, 2.24) is 4.98 Å². The fourth-order valence-corrected chi connectivity index (χ4v) is 2.96. The molecule has 0 amide bonds. The average molecular weight is 324 g/mol. The molecule has 0 unspecified atom stereocenters. The van der Waals surface area contributed by atoms with Gasteiger partial charge in [-0.2, -0.15) is 0 Å². The van der Waals surface area contributed by atoms with E-state index in [9.17, 15) is 9.90 Å². The summed E-state index contributed by atoms with van der Waals surface area (Å²) in [6.07, 6.45) is 0. The minimum Gasteiger partial charge on any atom is -0.392 e. The third kappa shape index (κ3) is 2.76. The number of fused-ring (bicyclic) bond motifs is 1. The van der Waals surface area contributed by atoms with E-state index in [1.54, 1.807) is 4.90 Å². The van der Waals surface area contributed by atoms with Gasteiger partial charge in [0.1, 0.15) is 4.99 Å². The van der Waals surface area contributed by atoms with Crippen molar-refractivity contribution in [2.24, 2.45) is 0 Å². The van der Waals surface area contributed by atoms with E-state index < -0.39 is 0 Å². The van der Waals surface area contributed by atoms with Gasteiger partial charge in [0, 0.05) is 29.2 Å². The van der Waals surface area contributed by atoms with Gasteiger partial charge in [-0.15, -0.1) is 0 Å². The van der Waals surface area contributed by atoms with Crippen molar-refractivity contribution in [3.63, 3.8) is 0 Å². The highest BCUT2D eigenvalue weighted by atomic mass is 32.1. The highest BCUT2D eigenvalue weighted by molar-refractivity contribution is 7.81. The fraction of sp³-hybridized carbons (Fsp3) is 0.111. The van der Waals surface area contributed by atoms with Crippen LogP contribution in [0.1, 0.15) is 11.1 Å².